The van der Waals surface area contributed by atoms with Gasteiger partial charge in [0.05, 0.1) is 6.04 Å². The predicted octanol–water partition coefficient (Wildman–Crippen LogP) is 2.22. The molecule has 21 heavy (non-hydrogen) atoms. The number of carbonyl (C=O) groups is 1. The standard InChI is InChI=1S/C14H19N5OS/c1-10(2)14-15-16-17-19(14)9-13(20)18-7-3-5-11(18)12-6-4-8-21-12/h4,6,8,10-11H,3,5,7,9H2,1-2H3/t11-/m1/s1. The normalized spacial score (nSPS) is 18.6. The molecule has 0 spiro atoms. The van der Waals surface area contributed by atoms with Crippen molar-refractivity contribution in [1.82, 2.24) is 25.1 Å². The van der Waals surface area contributed by atoms with E-state index < -0.39 is 0 Å². The van der Waals surface area contributed by atoms with Crippen LogP contribution in [0.15, 0.2) is 17.5 Å². The molecule has 0 saturated carbocycles. The van der Waals surface area contributed by atoms with Crippen LogP contribution in [-0.2, 0) is 11.3 Å². The molecule has 1 fully saturated rings. The fourth-order valence-electron chi connectivity index (χ4n) is 2.80. The molecule has 0 aromatic carbocycles. The van der Waals surface area contributed by atoms with Gasteiger partial charge in [0.1, 0.15) is 6.54 Å². The molecule has 0 bridgehead atoms. The molecule has 2 aromatic rings. The highest BCUT2D eigenvalue weighted by Crippen LogP contribution is 2.34. The monoisotopic (exact) mass is 305 g/mol. The zero-order valence-electron chi connectivity index (χ0n) is 12.3. The summed E-state index contributed by atoms with van der Waals surface area (Å²) in [4.78, 5) is 15.8. The smallest absolute Gasteiger partial charge is 0.244 e. The molecule has 3 heterocycles. The van der Waals surface area contributed by atoms with Crippen molar-refractivity contribution in [3.63, 3.8) is 0 Å². The summed E-state index contributed by atoms with van der Waals surface area (Å²) in [5.41, 5.74) is 0. The van der Waals surface area contributed by atoms with Gasteiger partial charge >= 0.3 is 0 Å². The van der Waals surface area contributed by atoms with Crippen LogP contribution in [0.1, 0.15) is 49.4 Å². The molecule has 6 nitrogen and oxygen atoms in total. The minimum absolute atomic E-state index is 0.0973. The summed E-state index contributed by atoms with van der Waals surface area (Å²) in [6, 6.07) is 4.37. The van der Waals surface area contributed by atoms with E-state index in [-0.39, 0.29) is 24.4 Å². The summed E-state index contributed by atoms with van der Waals surface area (Å²) < 4.78 is 1.62. The number of aromatic nitrogens is 4. The number of hydrogen-bond donors (Lipinski definition) is 0. The minimum Gasteiger partial charge on any atom is -0.333 e. The van der Waals surface area contributed by atoms with Crippen molar-refractivity contribution in [2.75, 3.05) is 6.54 Å². The Bertz CT molecular complexity index is 607. The lowest BCUT2D eigenvalue weighted by Crippen LogP contribution is -2.34. The van der Waals surface area contributed by atoms with E-state index in [9.17, 15) is 4.79 Å². The van der Waals surface area contributed by atoms with Crippen LogP contribution >= 0.6 is 11.3 Å². The van der Waals surface area contributed by atoms with E-state index in [1.54, 1.807) is 16.0 Å². The SMILES string of the molecule is CC(C)c1nnnn1CC(=O)N1CCC[C@@H]1c1cccs1. The number of carbonyl (C=O) groups excluding carboxylic acids is 1. The van der Waals surface area contributed by atoms with Crippen molar-refractivity contribution in [2.45, 2.75) is 45.2 Å². The first-order chi connectivity index (χ1) is 10.2. The third kappa shape index (κ3) is 2.83. The van der Waals surface area contributed by atoms with Crippen LogP contribution in [0.25, 0.3) is 0 Å². The van der Waals surface area contributed by atoms with E-state index in [1.165, 1.54) is 4.88 Å². The first-order valence-electron chi connectivity index (χ1n) is 7.25. The van der Waals surface area contributed by atoms with Crippen LogP contribution in [-0.4, -0.2) is 37.6 Å². The van der Waals surface area contributed by atoms with Gasteiger partial charge in [-0.05, 0) is 34.7 Å². The number of hydrogen-bond acceptors (Lipinski definition) is 5. The third-order valence-electron chi connectivity index (χ3n) is 3.81. The van der Waals surface area contributed by atoms with Crippen LogP contribution in [0, 0.1) is 0 Å². The molecule has 1 aliphatic rings. The van der Waals surface area contributed by atoms with Gasteiger partial charge in [0.2, 0.25) is 5.91 Å². The maximum Gasteiger partial charge on any atom is 0.244 e. The maximum atomic E-state index is 12.6. The van der Waals surface area contributed by atoms with Crippen molar-refractivity contribution < 1.29 is 4.79 Å². The summed E-state index contributed by atoms with van der Waals surface area (Å²) in [6.45, 7) is 5.09. The van der Waals surface area contributed by atoms with Gasteiger partial charge < -0.3 is 4.90 Å². The molecule has 7 heteroatoms. The fourth-order valence-corrected chi connectivity index (χ4v) is 3.67. The molecule has 1 atom stereocenters. The van der Waals surface area contributed by atoms with Crippen molar-refractivity contribution in [2.24, 2.45) is 0 Å². The Morgan fingerprint density at radius 2 is 2.38 bits per heavy atom. The lowest BCUT2D eigenvalue weighted by Gasteiger charge is -2.24. The second kappa shape index (κ2) is 5.93. The van der Waals surface area contributed by atoms with Crippen LogP contribution in [0.4, 0.5) is 0 Å². The lowest BCUT2D eigenvalue weighted by molar-refractivity contribution is -0.133. The van der Waals surface area contributed by atoms with Gasteiger partial charge in [-0.1, -0.05) is 19.9 Å². The van der Waals surface area contributed by atoms with Crippen LogP contribution in [0.2, 0.25) is 0 Å². The van der Waals surface area contributed by atoms with E-state index in [0.29, 0.717) is 0 Å². The van der Waals surface area contributed by atoms with Gasteiger partial charge in [-0.3, -0.25) is 4.79 Å². The summed E-state index contributed by atoms with van der Waals surface area (Å²) in [6.07, 6.45) is 2.10. The van der Waals surface area contributed by atoms with Gasteiger partial charge in [-0.25, -0.2) is 4.68 Å². The molecule has 1 aliphatic heterocycles. The number of rotatable bonds is 4. The molecule has 1 amide bonds. The molecule has 0 N–H and O–H groups in total. The Labute approximate surface area is 127 Å². The second-order valence-corrected chi connectivity index (χ2v) is 6.59. The Morgan fingerprint density at radius 1 is 1.52 bits per heavy atom. The topological polar surface area (TPSA) is 63.9 Å². The van der Waals surface area contributed by atoms with Gasteiger partial charge in [-0.15, -0.1) is 16.4 Å². The van der Waals surface area contributed by atoms with E-state index in [2.05, 4.69) is 27.0 Å². The van der Waals surface area contributed by atoms with Gasteiger partial charge in [0.25, 0.3) is 0 Å². The van der Waals surface area contributed by atoms with Crippen molar-refractivity contribution in [3.05, 3.63) is 28.2 Å². The zero-order valence-corrected chi connectivity index (χ0v) is 13.1. The van der Waals surface area contributed by atoms with Crippen LogP contribution in [0.5, 0.6) is 0 Å². The molecule has 3 rings (SSSR count). The van der Waals surface area contributed by atoms with Gasteiger partial charge in [-0.2, -0.15) is 0 Å². The highest BCUT2D eigenvalue weighted by molar-refractivity contribution is 7.10. The average molecular weight is 305 g/mol. The maximum absolute atomic E-state index is 12.6. The largest absolute Gasteiger partial charge is 0.333 e. The van der Waals surface area contributed by atoms with Crippen molar-refractivity contribution in [1.29, 1.82) is 0 Å². The Hall–Kier alpha value is -1.76. The highest BCUT2D eigenvalue weighted by Gasteiger charge is 2.31. The van der Waals surface area contributed by atoms with Gasteiger partial charge in [0.15, 0.2) is 5.82 Å². The van der Waals surface area contributed by atoms with E-state index in [1.807, 2.05) is 24.8 Å². The summed E-state index contributed by atoms with van der Waals surface area (Å²) in [5.74, 6) is 1.06. The summed E-state index contributed by atoms with van der Waals surface area (Å²) in [7, 11) is 0. The number of tetrazole rings is 1. The Morgan fingerprint density at radius 3 is 3.10 bits per heavy atom. The number of amides is 1. The number of nitrogens with zero attached hydrogens (tertiary/aromatic N) is 5. The second-order valence-electron chi connectivity index (χ2n) is 5.61. The van der Waals surface area contributed by atoms with Crippen LogP contribution < -0.4 is 0 Å². The lowest BCUT2D eigenvalue weighted by atomic mass is 10.2. The molecular formula is C14H19N5OS. The summed E-state index contributed by atoms with van der Waals surface area (Å²) >= 11 is 1.72. The molecule has 112 valence electrons. The molecule has 0 aliphatic carbocycles. The average Bonchev–Trinajstić information content (AvgIpc) is 3.19. The molecule has 1 saturated heterocycles. The van der Waals surface area contributed by atoms with Gasteiger partial charge in [0, 0.05) is 17.3 Å². The van der Waals surface area contributed by atoms with Crippen molar-refractivity contribution >= 4 is 17.2 Å². The van der Waals surface area contributed by atoms with E-state index in [4.69, 9.17) is 0 Å². The van der Waals surface area contributed by atoms with Crippen LogP contribution in [0.3, 0.4) is 0 Å². The molecule has 0 radical (unpaired) electrons. The molecular weight excluding hydrogens is 286 g/mol. The zero-order chi connectivity index (χ0) is 14.8. The van der Waals surface area contributed by atoms with E-state index in [0.717, 1.165) is 25.2 Å². The quantitative estimate of drug-likeness (QED) is 0.869. The first kappa shape index (κ1) is 14.2. The molecule has 2 aromatic heterocycles. The number of thiophene rings is 1. The highest BCUT2D eigenvalue weighted by atomic mass is 32.1. The number of likely N-dealkylation sites (tertiary alicyclic amines) is 1. The fraction of sp³-hybridized carbons (Fsp3) is 0.571. The molecule has 0 unspecified atom stereocenters. The first-order valence-corrected chi connectivity index (χ1v) is 8.13. The minimum atomic E-state index is 0.0973. The Balaban J connectivity index is 1.74. The van der Waals surface area contributed by atoms with Crippen molar-refractivity contribution in [3.8, 4) is 0 Å². The van der Waals surface area contributed by atoms with E-state index >= 15 is 0 Å². The Kier molecular flexibility index (Phi) is 4.01. The summed E-state index contributed by atoms with van der Waals surface area (Å²) in [5, 5.41) is 13.7. The predicted molar refractivity (Wildman–Crippen MR) is 79.9 cm³/mol. The third-order valence-corrected chi connectivity index (χ3v) is 4.78.